The molecule has 0 aliphatic carbocycles. The van der Waals surface area contributed by atoms with E-state index >= 15 is 0 Å². The number of nitrogens with two attached hydrogens (primary N) is 1. The predicted octanol–water partition coefficient (Wildman–Crippen LogP) is 3.08. The number of non-ortho nitro benzene ring substituents is 1. The van der Waals surface area contributed by atoms with Gasteiger partial charge >= 0.3 is 10.1 Å². The number of hydrogen-bond donors (Lipinski definition) is 2. The average Bonchev–Trinajstić information content (AvgIpc) is 2.72. The molecule has 0 aromatic heterocycles. The smallest absolute Gasteiger partial charge is 0.339 e. The van der Waals surface area contributed by atoms with Gasteiger partial charge < -0.3 is 19.6 Å². The molecule has 0 bridgehead atoms. The molecule has 0 atom stereocenters. The monoisotopic (exact) mass is 484 g/mol. The van der Waals surface area contributed by atoms with Gasteiger partial charge in [-0.15, -0.1) is 12.4 Å². The molecule has 0 radical (unpaired) electrons. The molecule has 0 amide bonds. The Morgan fingerprint density at radius 1 is 1.22 bits per heavy atom. The number of nitro groups is 1. The van der Waals surface area contributed by atoms with Gasteiger partial charge in [-0.1, -0.05) is 6.07 Å². The van der Waals surface area contributed by atoms with Crippen molar-refractivity contribution in [2.24, 2.45) is 11.7 Å². The van der Waals surface area contributed by atoms with Gasteiger partial charge in [-0.3, -0.25) is 15.5 Å². The second-order valence-electron chi connectivity index (χ2n) is 7.40. The van der Waals surface area contributed by atoms with Crippen LogP contribution in [0.4, 0.5) is 5.69 Å². The zero-order chi connectivity index (χ0) is 22.6. The Morgan fingerprint density at radius 2 is 1.88 bits per heavy atom. The molecule has 3 rings (SSSR count). The number of halogens is 1. The first-order valence-corrected chi connectivity index (χ1v) is 11.1. The summed E-state index contributed by atoms with van der Waals surface area (Å²) in [6.45, 7) is 3.64. The van der Waals surface area contributed by atoms with Gasteiger partial charge in [0.25, 0.3) is 5.69 Å². The van der Waals surface area contributed by atoms with Crippen molar-refractivity contribution in [1.29, 1.82) is 5.41 Å². The molecule has 3 N–H and O–H groups in total. The number of piperidine rings is 1. The number of nitrogens with one attached hydrogen (secondary N) is 1. The highest BCUT2D eigenvalue weighted by Crippen LogP contribution is 2.28. The van der Waals surface area contributed by atoms with Crippen LogP contribution in [0.15, 0.2) is 47.4 Å². The Balaban J connectivity index is 0.00000363. The third kappa shape index (κ3) is 6.47. The van der Waals surface area contributed by atoms with Crippen molar-refractivity contribution in [2.75, 3.05) is 19.7 Å². The molecule has 1 aliphatic heterocycles. The molecule has 1 fully saturated rings. The SMILES string of the molecule is Cc1cc(OCC2CCN(C(=N)N)CC2)cc(OS(=O)(=O)c2cccc([N+](=O)[O-])c2)c1.Cl. The number of likely N-dealkylation sites (tertiary alicyclic amines) is 1. The first kappa shape index (κ1) is 25.2. The molecule has 0 spiro atoms. The van der Waals surface area contributed by atoms with Crippen LogP contribution >= 0.6 is 12.4 Å². The van der Waals surface area contributed by atoms with Gasteiger partial charge in [0, 0.05) is 31.3 Å². The number of nitro benzene ring substituents is 1. The van der Waals surface area contributed by atoms with E-state index in [1.165, 1.54) is 24.3 Å². The van der Waals surface area contributed by atoms with Gasteiger partial charge in [0.1, 0.15) is 16.4 Å². The van der Waals surface area contributed by atoms with Gasteiger partial charge in [-0.05, 0) is 49.4 Å². The summed E-state index contributed by atoms with van der Waals surface area (Å²) in [6, 6.07) is 9.49. The van der Waals surface area contributed by atoms with E-state index < -0.39 is 15.0 Å². The molecule has 10 nitrogen and oxygen atoms in total. The molecule has 174 valence electrons. The predicted molar refractivity (Wildman–Crippen MR) is 121 cm³/mol. The average molecular weight is 485 g/mol. The van der Waals surface area contributed by atoms with Gasteiger partial charge in [0.2, 0.25) is 0 Å². The van der Waals surface area contributed by atoms with E-state index in [1.54, 1.807) is 19.1 Å². The fourth-order valence-corrected chi connectivity index (χ4v) is 4.28. The molecular weight excluding hydrogens is 460 g/mol. The second-order valence-corrected chi connectivity index (χ2v) is 8.95. The lowest BCUT2D eigenvalue weighted by Crippen LogP contribution is -2.43. The Labute approximate surface area is 192 Å². The highest BCUT2D eigenvalue weighted by molar-refractivity contribution is 7.87. The molecule has 0 saturated carbocycles. The van der Waals surface area contributed by atoms with E-state index in [-0.39, 0.29) is 34.7 Å². The van der Waals surface area contributed by atoms with E-state index in [0.717, 1.165) is 24.5 Å². The summed E-state index contributed by atoms with van der Waals surface area (Å²) < 4.78 is 36.2. The van der Waals surface area contributed by atoms with Crippen LogP contribution in [0, 0.1) is 28.4 Å². The largest absolute Gasteiger partial charge is 0.493 e. The standard InChI is InChI=1S/C20H24N4O6S.ClH/c1-14-9-17(29-13-15-5-7-23(8-6-15)20(21)22)12-18(10-14)30-31(27,28)19-4-2-3-16(11-19)24(25)26;/h2-4,9-12,15H,5-8,13H2,1H3,(H3,21,22);1H. The van der Waals surface area contributed by atoms with Crippen molar-refractivity contribution in [3.8, 4) is 11.5 Å². The van der Waals surface area contributed by atoms with E-state index in [4.69, 9.17) is 20.1 Å². The van der Waals surface area contributed by atoms with Gasteiger partial charge in [0.15, 0.2) is 5.96 Å². The van der Waals surface area contributed by atoms with E-state index in [2.05, 4.69) is 0 Å². The van der Waals surface area contributed by atoms with Crippen LogP contribution in [0.5, 0.6) is 11.5 Å². The van der Waals surface area contributed by atoms with Crippen LogP contribution in [0.1, 0.15) is 18.4 Å². The maximum absolute atomic E-state index is 12.6. The minimum atomic E-state index is -4.25. The summed E-state index contributed by atoms with van der Waals surface area (Å²) in [5, 5.41) is 18.4. The minimum Gasteiger partial charge on any atom is -0.493 e. The fourth-order valence-electron chi connectivity index (χ4n) is 3.33. The maximum Gasteiger partial charge on any atom is 0.339 e. The van der Waals surface area contributed by atoms with E-state index in [1.807, 2.05) is 4.90 Å². The lowest BCUT2D eigenvalue weighted by Gasteiger charge is -2.32. The van der Waals surface area contributed by atoms with E-state index in [0.29, 0.717) is 31.4 Å². The number of guanidine groups is 1. The Morgan fingerprint density at radius 3 is 2.50 bits per heavy atom. The number of rotatable bonds is 7. The van der Waals surface area contributed by atoms with Crippen LogP contribution in [-0.2, 0) is 10.1 Å². The van der Waals surface area contributed by atoms with Crippen molar-refractivity contribution in [3.05, 3.63) is 58.1 Å². The zero-order valence-electron chi connectivity index (χ0n) is 17.4. The van der Waals surface area contributed by atoms with Gasteiger partial charge in [0.05, 0.1) is 11.5 Å². The second kappa shape index (κ2) is 10.5. The Bertz CT molecular complexity index is 1090. The Kier molecular flexibility index (Phi) is 8.28. The number of benzene rings is 2. The van der Waals surface area contributed by atoms with Crippen LogP contribution in [-0.4, -0.2) is 43.9 Å². The summed E-state index contributed by atoms with van der Waals surface area (Å²) in [5.41, 5.74) is 5.91. The summed E-state index contributed by atoms with van der Waals surface area (Å²) in [6.07, 6.45) is 1.69. The Hall–Kier alpha value is -3.05. The molecule has 2 aromatic carbocycles. The summed E-state index contributed by atoms with van der Waals surface area (Å²) in [5.74, 6) is 0.907. The van der Waals surface area contributed by atoms with Gasteiger partial charge in [-0.2, -0.15) is 8.42 Å². The van der Waals surface area contributed by atoms with Crippen molar-refractivity contribution in [3.63, 3.8) is 0 Å². The van der Waals surface area contributed by atoms with Crippen LogP contribution in [0.3, 0.4) is 0 Å². The lowest BCUT2D eigenvalue weighted by molar-refractivity contribution is -0.385. The highest BCUT2D eigenvalue weighted by atomic mass is 35.5. The van der Waals surface area contributed by atoms with Crippen molar-refractivity contribution in [2.45, 2.75) is 24.7 Å². The first-order chi connectivity index (χ1) is 14.6. The summed E-state index contributed by atoms with van der Waals surface area (Å²) >= 11 is 0. The molecule has 32 heavy (non-hydrogen) atoms. The van der Waals surface area contributed by atoms with Crippen LogP contribution < -0.4 is 14.7 Å². The summed E-state index contributed by atoms with van der Waals surface area (Å²) in [7, 11) is -4.25. The van der Waals surface area contributed by atoms with Crippen LogP contribution in [0.2, 0.25) is 0 Å². The first-order valence-electron chi connectivity index (χ1n) is 9.66. The number of ether oxygens (including phenoxy) is 1. The molecule has 2 aromatic rings. The highest BCUT2D eigenvalue weighted by Gasteiger charge is 2.22. The number of nitrogens with zero attached hydrogens (tertiary/aromatic N) is 2. The summed E-state index contributed by atoms with van der Waals surface area (Å²) in [4.78, 5) is 11.8. The molecule has 12 heteroatoms. The van der Waals surface area contributed by atoms with Crippen molar-refractivity contribution < 1.29 is 22.3 Å². The minimum absolute atomic E-state index is 0. The maximum atomic E-state index is 12.6. The third-order valence-electron chi connectivity index (χ3n) is 4.99. The van der Waals surface area contributed by atoms with Gasteiger partial charge in [-0.25, -0.2) is 0 Å². The van der Waals surface area contributed by atoms with Crippen molar-refractivity contribution >= 4 is 34.2 Å². The lowest BCUT2D eigenvalue weighted by atomic mass is 9.98. The normalized spacial score (nSPS) is 14.3. The quantitative estimate of drug-likeness (QED) is 0.200. The van der Waals surface area contributed by atoms with Crippen LogP contribution in [0.25, 0.3) is 0 Å². The molecular formula is C20H25ClN4O6S. The third-order valence-corrected chi connectivity index (χ3v) is 6.23. The molecule has 1 heterocycles. The molecule has 1 saturated heterocycles. The molecule has 0 unspecified atom stereocenters. The fraction of sp³-hybridized carbons (Fsp3) is 0.350. The zero-order valence-corrected chi connectivity index (χ0v) is 19.0. The topological polar surface area (TPSA) is 149 Å². The van der Waals surface area contributed by atoms with Crippen molar-refractivity contribution in [1.82, 2.24) is 4.90 Å². The molecule has 1 aliphatic rings. The number of hydrogen-bond acceptors (Lipinski definition) is 7. The number of aryl methyl sites for hydroxylation is 1. The van der Waals surface area contributed by atoms with E-state index in [9.17, 15) is 18.5 Å².